The highest BCUT2D eigenvalue weighted by molar-refractivity contribution is 7.80. The van der Waals surface area contributed by atoms with Crippen LogP contribution in [0.3, 0.4) is 0 Å². The summed E-state index contributed by atoms with van der Waals surface area (Å²) >= 11 is 5.21. The number of thiocarbonyl (C=S) groups is 1. The smallest absolute Gasteiger partial charge is 0.218 e. The van der Waals surface area contributed by atoms with Gasteiger partial charge in [-0.25, -0.2) is 0 Å². The van der Waals surface area contributed by atoms with Crippen LogP contribution in [0, 0.1) is 0 Å². The van der Waals surface area contributed by atoms with Gasteiger partial charge in [0.15, 0.2) is 5.69 Å². The number of hydrogen-bond donors (Lipinski definition) is 3. The molecule has 0 unspecified atom stereocenters. The average Bonchev–Trinajstić information content (AvgIpc) is 2.95. The average molecular weight is 366 g/mol. The van der Waals surface area contributed by atoms with E-state index >= 15 is 0 Å². The highest BCUT2D eigenvalue weighted by Gasteiger charge is 2.12. The Bertz CT molecular complexity index is 932. The number of aromatic amines is 1. The van der Waals surface area contributed by atoms with Crippen molar-refractivity contribution in [3.63, 3.8) is 0 Å². The number of nitrogens with zero attached hydrogens (tertiary/aromatic N) is 2. The van der Waals surface area contributed by atoms with Crippen molar-refractivity contribution in [1.82, 2.24) is 10.3 Å². The number of aromatic hydroxyl groups is 1. The van der Waals surface area contributed by atoms with Gasteiger partial charge in [0.1, 0.15) is 0 Å². The maximum absolute atomic E-state index is 10.1. The van der Waals surface area contributed by atoms with E-state index in [0.717, 1.165) is 17.3 Å². The molecule has 0 radical (unpaired) electrons. The summed E-state index contributed by atoms with van der Waals surface area (Å²) in [5.41, 5.74) is 3.64. The van der Waals surface area contributed by atoms with Crippen molar-refractivity contribution in [2.75, 3.05) is 6.54 Å². The van der Waals surface area contributed by atoms with E-state index in [0.29, 0.717) is 23.3 Å². The van der Waals surface area contributed by atoms with Crippen LogP contribution in [0.4, 0.5) is 5.69 Å². The van der Waals surface area contributed by atoms with E-state index in [4.69, 9.17) is 12.2 Å². The van der Waals surface area contributed by atoms with Crippen molar-refractivity contribution >= 4 is 33.9 Å². The normalized spacial score (nSPS) is 11.5. The molecule has 0 spiro atoms. The Morgan fingerprint density at radius 1 is 1.19 bits per heavy atom. The third-order valence-electron chi connectivity index (χ3n) is 4.22. The monoisotopic (exact) mass is 366 g/mol. The van der Waals surface area contributed by atoms with Gasteiger partial charge in [-0.15, -0.1) is 10.2 Å². The lowest BCUT2D eigenvalue weighted by molar-refractivity contribution is 0.459. The van der Waals surface area contributed by atoms with Gasteiger partial charge >= 0.3 is 0 Å². The first-order valence-corrected chi connectivity index (χ1v) is 9.03. The Morgan fingerprint density at radius 3 is 2.69 bits per heavy atom. The van der Waals surface area contributed by atoms with Crippen LogP contribution in [-0.4, -0.2) is 21.7 Å². The molecule has 2 aromatic carbocycles. The summed E-state index contributed by atoms with van der Waals surface area (Å²) in [5.74, 6) is 0.388. The van der Waals surface area contributed by atoms with Crippen LogP contribution in [0.25, 0.3) is 10.9 Å². The molecule has 0 saturated heterocycles. The molecular weight excluding hydrogens is 344 g/mol. The number of nitrogens with one attached hydrogen (secondary N) is 2. The molecule has 0 fully saturated rings. The predicted molar refractivity (Wildman–Crippen MR) is 109 cm³/mol. The maximum atomic E-state index is 10.1. The summed E-state index contributed by atoms with van der Waals surface area (Å²) in [6.07, 6.45) is 0.854. The molecule has 3 rings (SSSR count). The van der Waals surface area contributed by atoms with E-state index in [-0.39, 0.29) is 5.88 Å². The molecule has 0 atom stereocenters. The zero-order chi connectivity index (χ0) is 18.5. The molecule has 0 saturated carbocycles. The lowest BCUT2D eigenvalue weighted by Gasteiger charge is -2.05. The van der Waals surface area contributed by atoms with E-state index in [2.05, 4.69) is 46.5 Å². The van der Waals surface area contributed by atoms with Gasteiger partial charge in [0.2, 0.25) is 11.0 Å². The quantitative estimate of drug-likeness (QED) is 0.429. The van der Waals surface area contributed by atoms with Crippen molar-refractivity contribution in [3.05, 3.63) is 59.7 Å². The molecule has 26 heavy (non-hydrogen) atoms. The molecule has 1 heterocycles. The fourth-order valence-corrected chi connectivity index (χ4v) is 2.87. The lowest BCUT2D eigenvalue weighted by atomic mass is 10.0. The SMILES string of the molecule is CC(C)c1ccc2[nH]c(O)c(N=NC(=S)NCCc3ccccc3)c2c1. The fraction of sp³-hybridized carbons (Fsp3) is 0.250. The zero-order valence-electron chi connectivity index (χ0n) is 14.9. The van der Waals surface area contributed by atoms with E-state index in [9.17, 15) is 5.11 Å². The molecule has 0 amide bonds. The van der Waals surface area contributed by atoms with Crippen LogP contribution in [0.1, 0.15) is 30.9 Å². The van der Waals surface area contributed by atoms with Crippen molar-refractivity contribution < 1.29 is 5.11 Å². The van der Waals surface area contributed by atoms with Crippen LogP contribution in [-0.2, 0) is 6.42 Å². The van der Waals surface area contributed by atoms with Crippen LogP contribution in [0.15, 0.2) is 58.8 Å². The van der Waals surface area contributed by atoms with Crippen LogP contribution < -0.4 is 5.32 Å². The molecule has 0 aliphatic rings. The number of rotatable bonds is 5. The Balaban J connectivity index is 1.68. The minimum absolute atomic E-state index is 0.00302. The van der Waals surface area contributed by atoms with Gasteiger partial charge in [0.05, 0.1) is 5.52 Å². The third kappa shape index (κ3) is 4.26. The third-order valence-corrected chi connectivity index (χ3v) is 4.44. The zero-order valence-corrected chi connectivity index (χ0v) is 15.7. The second kappa shape index (κ2) is 8.10. The van der Waals surface area contributed by atoms with Gasteiger partial charge in [-0.1, -0.05) is 50.2 Å². The van der Waals surface area contributed by atoms with Gasteiger partial charge in [0.25, 0.3) is 0 Å². The minimum atomic E-state index is -0.00302. The van der Waals surface area contributed by atoms with E-state index in [1.807, 2.05) is 36.4 Å². The molecule has 3 N–H and O–H groups in total. The van der Waals surface area contributed by atoms with Crippen molar-refractivity contribution in [3.8, 4) is 5.88 Å². The van der Waals surface area contributed by atoms with E-state index < -0.39 is 0 Å². The minimum Gasteiger partial charge on any atom is -0.493 e. The highest BCUT2D eigenvalue weighted by Crippen LogP contribution is 2.36. The van der Waals surface area contributed by atoms with Gasteiger partial charge in [0, 0.05) is 11.9 Å². The molecule has 6 heteroatoms. The first kappa shape index (κ1) is 18.1. The summed E-state index contributed by atoms with van der Waals surface area (Å²) in [6, 6.07) is 16.2. The topological polar surface area (TPSA) is 72.8 Å². The molecule has 134 valence electrons. The van der Waals surface area contributed by atoms with E-state index in [1.54, 1.807) is 0 Å². The fourth-order valence-electron chi connectivity index (χ4n) is 2.73. The van der Waals surface area contributed by atoms with Crippen molar-refractivity contribution in [2.45, 2.75) is 26.2 Å². The Kier molecular flexibility index (Phi) is 5.63. The summed E-state index contributed by atoms with van der Waals surface area (Å²) in [6.45, 7) is 4.93. The molecule has 3 aromatic rings. The second-order valence-corrected chi connectivity index (χ2v) is 6.84. The summed E-state index contributed by atoms with van der Waals surface area (Å²) in [7, 11) is 0. The largest absolute Gasteiger partial charge is 0.493 e. The summed E-state index contributed by atoms with van der Waals surface area (Å²) < 4.78 is 0. The van der Waals surface area contributed by atoms with E-state index in [1.165, 1.54) is 11.1 Å². The predicted octanol–water partition coefficient (Wildman–Crippen LogP) is 5.20. The molecule has 0 aliphatic heterocycles. The van der Waals surface area contributed by atoms with Crippen LogP contribution in [0.2, 0.25) is 0 Å². The summed E-state index contributed by atoms with van der Waals surface area (Å²) in [4.78, 5) is 2.92. The van der Waals surface area contributed by atoms with Crippen LogP contribution >= 0.6 is 12.2 Å². The second-order valence-electron chi connectivity index (χ2n) is 6.45. The lowest BCUT2D eigenvalue weighted by Crippen LogP contribution is -2.21. The highest BCUT2D eigenvalue weighted by atomic mass is 32.1. The molecule has 0 bridgehead atoms. The number of hydrogen-bond acceptors (Lipinski definition) is 3. The number of fused-ring (bicyclic) bond motifs is 1. The Hall–Kier alpha value is -2.73. The van der Waals surface area contributed by atoms with Crippen molar-refractivity contribution in [1.29, 1.82) is 0 Å². The molecular formula is C20H22N4OS. The molecule has 5 nitrogen and oxygen atoms in total. The van der Waals surface area contributed by atoms with Gasteiger partial charge < -0.3 is 15.4 Å². The van der Waals surface area contributed by atoms with Gasteiger partial charge in [-0.2, -0.15) is 0 Å². The number of H-pyrrole nitrogens is 1. The first-order chi connectivity index (χ1) is 12.5. The van der Waals surface area contributed by atoms with Crippen LogP contribution in [0.5, 0.6) is 5.88 Å². The Morgan fingerprint density at radius 2 is 1.96 bits per heavy atom. The molecule has 1 aromatic heterocycles. The van der Waals surface area contributed by atoms with Gasteiger partial charge in [-0.3, -0.25) is 0 Å². The molecule has 0 aliphatic carbocycles. The Labute approximate surface area is 158 Å². The van der Waals surface area contributed by atoms with Gasteiger partial charge in [-0.05, 0) is 47.8 Å². The summed E-state index contributed by atoms with van der Waals surface area (Å²) in [5, 5.41) is 22.5. The number of azo groups is 1. The number of aromatic nitrogens is 1. The standard InChI is InChI=1S/C20H22N4OS/c1-13(2)15-8-9-17-16(12-15)18(19(25)22-17)23-24-20(26)21-11-10-14-6-4-3-5-7-14/h3-9,12-13,22,25H,10-11H2,1-2H3,(H,21,26). The number of benzene rings is 2. The maximum Gasteiger partial charge on any atom is 0.218 e. The van der Waals surface area contributed by atoms with Crippen molar-refractivity contribution in [2.24, 2.45) is 10.2 Å². The first-order valence-electron chi connectivity index (χ1n) is 8.62.